The van der Waals surface area contributed by atoms with Crippen LogP contribution in [0.25, 0.3) is 10.9 Å². The first kappa shape index (κ1) is 15.9. The summed E-state index contributed by atoms with van der Waals surface area (Å²) in [6, 6.07) is 17.1. The second kappa shape index (κ2) is 7.11. The predicted octanol–water partition coefficient (Wildman–Crippen LogP) is 3.58. The number of hydrogen-bond acceptors (Lipinski definition) is 2. The number of carbonyl (C=O) groups excluding carboxylic acids is 1. The van der Waals surface area contributed by atoms with Gasteiger partial charge in [-0.05, 0) is 35.2 Å². The summed E-state index contributed by atoms with van der Waals surface area (Å²) < 4.78 is 0. The van der Waals surface area contributed by atoms with E-state index in [1.54, 1.807) is 0 Å². The molecule has 1 amide bonds. The number of nitrogens with one attached hydrogen (secondary N) is 2. The van der Waals surface area contributed by atoms with Crippen LogP contribution in [0.2, 0.25) is 0 Å². The highest BCUT2D eigenvalue weighted by Crippen LogP contribution is 2.18. The van der Waals surface area contributed by atoms with Crippen molar-refractivity contribution in [3.05, 3.63) is 71.4 Å². The molecule has 0 unspecified atom stereocenters. The molecule has 2 aromatic carbocycles. The third-order valence-electron chi connectivity index (χ3n) is 4.90. The van der Waals surface area contributed by atoms with Crippen LogP contribution in [0, 0.1) is 0 Å². The summed E-state index contributed by atoms with van der Waals surface area (Å²) in [7, 11) is 0. The van der Waals surface area contributed by atoms with Crippen LogP contribution in [-0.4, -0.2) is 22.3 Å². The number of aromatic nitrogens is 1. The number of fused-ring (bicyclic) bond motifs is 1. The molecule has 0 atom stereocenters. The van der Waals surface area contributed by atoms with Crippen molar-refractivity contribution in [2.45, 2.75) is 32.5 Å². The number of amides is 1. The van der Waals surface area contributed by atoms with Gasteiger partial charge in [-0.15, -0.1) is 0 Å². The molecule has 25 heavy (non-hydrogen) atoms. The van der Waals surface area contributed by atoms with Crippen LogP contribution in [0.3, 0.4) is 0 Å². The van der Waals surface area contributed by atoms with E-state index in [1.165, 1.54) is 27.6 Å². The highest BCUT2D eigenvalue weighted by atomic mass is 16.2. The second-order valence-electron chi connectivity index (χ2n) is 6.69. The molecule has 4 heteroatoms. The second-order valence-corrected chi connectivity index (χ2v) is 6.69. The molecule has 4 nitrogen and oxygen atoms in total. The minimum Gasteiger partial charge on any atom is -0.361 e. The average molecular weight is 333 g/mol. The maximum atomic E-state index is 11.7. The Bertz CT molecular complexity index is 866. The Morgan fingerprint density at radius 2 is 1.84 bits per heavy atom. The quantitative estimate of drug-likeness (QED) is 0.724. The van der Waals surface area contributed by atoms with Crippen LogP contribution >= 0.6 is 0 Å². The fraction of sp³-hybridized carbons (Fsp3) is 0.286. The first-order valence-electron chi connectivity index (χ1n) is 8.91. The van der Waals surface area contributed by atoms with Gasteiger partial charge in [0.25, 0.3) is 0 Å². The fourth-order valence-electron chi connectivity index (χ4n) is 3.50. The lowest BCUT2D eigenvalue weighted by atomic mass is 10.1. The Kier molecular flexibility index (Phi) is 4.53. The molecule has 4 rings (SSSR count). The van der Waals surface area contributed by atoms with Gasteiger partial charge in [0.15, 0.2) is 0 Å². The molecular formula is C21H23N3O. The van der Waals surface area contributed by atoms with Crippen molar-refractivity contribution in [3.63, 3.8) is 0 Å². The zero-order valence-electron chi connectivity index (χ0n) is 14.3. The summed E-state index contributed by atoms with van der Waals surface area (Å²) in [5.41, 5.74) is 4.96. The average Bonchev–Trinajstić information content (AvgIpc) is 3.26. The lowest BCUT2D eigenvalue weighted by Crippen LogP contribution is -2.23. The van der Waals surface area contributed by atoms with E-state index in [2.05, 4.69) is 58.8 Å². The van der Waals surface area contributed by atoms with Gasteiger partial charge in [-0.25, -0.2) is 0 Å². The van der Waals surface area contributed by atoms with E-state index in [0.717, 1.165) is 32.6 Å². The van der Waals surface area contributed by atoms with E-state index in [4.69, 9.17) is 0 Å². The molecular weight excluding hydrogens is 310 g/mol. The van der Waals surface area contributed by atoms with Crippen molar-refractivity contribution < 1.29 is 4.79 Å². The standard InChI is InChI=1S/C21H23N3O/c25-21-5-2-12-24(21)15-17-8-6-16(7-9-17)13-22-14-18-3-1-4-20-19(18)10-11-23-20/h1,3-4,6-11,22-23H,2,5,12-15H2. The van der Waals surface area contributed by atoms with E-state index in [1.807, 2.05) is 11.1 Å². The molecule has 0 bridgehead atoms. The maximum absolute atomic E-state index is 11.7. The van der Waals surface area contributed by atoms with Gasteiger partial charge in [-0.1, -0.05) is 36.4 Å². The fourth-order valence-corrected chi connectivity index (χ4v) is 3.50. The molecule has 1 aromatic heterocycles. The summed E-state index contributed by atoms with van der Waals surface area (Å²) in [6.45, 7) is 3.32. The molecule has 1 aliphatic rings. The molecule has 0 spiro atoms. The van der Waals surface area contributed by atoms with Crippen molar-refractivity contribution in [1.29, 1.82) is 0 Å². The molecule has 1 aliphatic heterocycles. The normalized spacial score (nSPS) is 14.6. The number of H-pyrrole nitrogens is 1. The Morgan fingerprint density at radius 3 is 2.64 bits per heavy atom. The third-order valence-corrected chi connectivity index (χ3v) is 4.90. The Balaban J connectivity index is 1.32. The van der Waals surface area contributed by atoms with E-state index in [0.29, 0.717) is 6.42 Å². The van der Waals surface area contributed by atoms with Gasteiger partial charge in [0.2, 0.25) is 5.91 Å². The molecule has 0 aliphatic carbocycles. The van der Waals surface area contributed by atoms with Crippen LogP contribution in [0.4, 0.5) is 0 Å². The zero-order valence-corrected chi connectivity index (χ0v) is 14.3. The molecule has 0 radical (unpaired) electrons. The smallest absolute Gasteiger partial charge is 0.222 e. The van der Waals surface area contributed by atoms with Crippen molar-refractivity contribution in [1.82, 2.24) is 15.2 Å². The molecule has 0 saturated carbocycles. The minimum atomic E-state index is 0.282. The lowest BCUT2D eigenvalue weighted by Gasteiger charge is -2.15. The summed E-state index contributed by atoms with van der Waals surface area (Å²) in [5, 5.41) is 4.80. The van der Waals surface area contributed by atoms with Crippen LogP contribution in [-0.2, 0) is 24.4 Å². The third kappa shape index (κ3) is 3.59. The highest BCUT2D eigenvalue weighted by molar-refractivity contribution is 5.82. The van der Waals surface area contributed by atoms with Crippen LogP contribution in [0.15, 0.2) is 54.7 Å². The number of hydrogen-bond donors (Lipinski definition) is 2. The highest BCUT2D eigenvalue weighted by Gasteiger charge is 2.19. The van der Waals surface area contributed by atoms with E-state index in [-0.39, 0.29) is 5.91 Å². The van der Waals surface area contributed by atoms with Crippen molar-refractivity contribution in [2.75, 3.05) is 6.54 Å². The minimum absolute atomic E-state index is 0.282. The van der Waals surface area contributed by atoms with Gasteiger partial charge in [-0.3, -0.25) is 4.79 Å². The van der Waals surface area contributed by atoms with E-state index in [9.17, 15) is 4.79 Å². The van der Waals surface area contributed by atoms with E-state index < -0.39 is 0 Å². The number of likely N-dealkylation sites (tertiary alicyclic amines) is 1. The first-order valence-corrected chi connectivity index (χ1v) is 8.91. The molecule has 1 saturated heterocycles. The molecule has 3 aromatic rings. The molecule has 1 fully saturated rings. The zero-order chi connectivity index (χ0) is 17.1. The summed E-state index contributed by atoms with van der Waals surface area (Å²) >= 11 is 0. The summed E-state index contributed by atoms with van der Waals surface area (Å²) in [4.78, 5) is 16.9. The van der Waals surface area contributed by atoms with Gasteiger partial charge >= 0.3 is 0 Å². The number of nitrogens with zero attached hydrogens (tertiary/aromatic N) is 1. The van der Waals surface area contributed by atoms with Crippen LogP contribution in [0.5, 0.6) is 0 Å². The summed E-state index contributed by atoms with van der Waals surface area (Å²) in [5.74, 6) is 0.282. The largest absolute Gasteiger partial charge is 0.361 e. The van der Waals surface area contributed by atoms with Crippen molar-refractivity contribution in [3.8, 4) is 0 Å². The first-order chi connectivity index (χ1) is 12.3. The SMILES string of the molecule is O=C1CCCN1Cc1ccc(CNCc2cccc3[nH]ccc23)cc1. The number of carbonyl (C=O) groups is 1. The molecule has 2 heterocycles. The predicted molar refractivity (Wildman–Crippen MR) is 99.9 cm³/mol. The monoisotopic (exact) mass is 333 g/mol. The Hall–Kier alpha value is -2.59. The van der Waals surface area contributed by atoms with Gasteiger partial charge in [-0.2, -0.15) is 0 Å². The Labute approximate surface area is 147 Å². The van der Waals surface area contributed by atoms with Gasteiger partial charge in [0, 0.05) is 49.7 Å². The summed E-state index contributed by atoms with van der Waals surface area (Å²) in [6.07, 6.45) is 3.68. The Morgan fingerprint density at radius 1 is 1.00 bits per heavy atom. The van der Waals surface area contributed by atoms with E-state index >= 15 is 0 Å². The number of aromatic amines is 1. The molecule has 128 valence electrons. The van der Waals surface area contributed by atoms with Crippen molar-refractivity contribution >= 4 is 16.8 Å². The lowest BCUT2D eigenvalue weighted by molar-refractivity contribution is -0.128. The van der Waals surface area contributed by atoms with Crippen LogP contribution in [0.1, 0.15) is 29.5 Å². The van der Waals surface area contributed by atoms with Gasteiger partial charge < -0.3 is 15.2 Å². The number of rotatable bonds is 6. The van der Waals surface area contributed by atoms with Gasteiger partial charge in [0.05, 0.1) is 0 Å². The van der Waals surface area contributed by atoms with Crippen LogP contribution < -0.4 is 5.32 Å². The topological polar surface area (TPSA) is 48.1 Å². The number of benzene rings is 2. The molecule has 2 N–H and O–H groups in total. The van der Waals surface area contributed by atoms with Crippen molar-refractivity contribution in [2.24, 2.45) is 0 Å². The maximum Gasteiger partial charge on any atom is 0.222 e. The van der Waals surface area contributed by atoms with Gasteiger partial charge in [0.1, 0.15) is 0 Å².